The van der Waals surface area contributed by atoms with Gasteiger partial charge in [0.05, 0.1) is 28.8 Å². The van der Waals surface area contributed by atoms with Gasteiger partial charge < -0.3 is 20.3 Å². The lowest BCUT2D eigenvalue weighted by molar-refractivity contribution is -0.136. The van der Waals surface area contributed by atoms with Crippen molar-refractivity contribution in [3.8, 4) is 0 Å². The first-order valence-corrected chi connectivity index (χ1v) is 10.6. The number of rotatable bonds is 7. The zero-order chi connectivity index (χ0) is 20.7. The lowest BCUT2D eigenvalue weighted by atomic mass is 10.3. The fraction of sp³-hybridized carbons (Fsp3) is 0.529. The van der Waals surface area contributed by atoms with Crippen LogP contribution in [0.3, 0.4) is 0 Å². The molecule has 1 heterocycles. The van der Waals surface area contributed by atoms with Gasteiger partial charge in [0.25, 0.3) is 0 Å². The van der Waals surface area contributed by atoms with Crippen LogP contribution in [0.5, 0.6) is 0 Å². The highest BCUT2D eigenvalue weighted by molar-refractivity contribution is 7.89. The van der Waals surface area contributed by atoms with Crippen LogP contribution in [0.1, 0.15) is 6.42 Å². The van der Waals surface area contributed by atoms with E-state index in [1.54, 1.807) is 0 Å². The predicted octanol–water partition coefficient (Wildman–Crippen LogP) is 0.367. The van der Waals surface area contributed by atoms with E-state index in [2.05, 4.69) is 10.6 Å². The van der Waals surface area contributed by atoms with Crippen molar-refractivity contribution in [1.29, 1.82) is 0 Å². The third-order valence-corrected chi connectivity index (χ3v) is 6.29. The van der Waals surface area contributed by atoms with Crippen LogP contribution < -0.4 is 10.6 Å². The Morgan fingerprint density at radius 2 is 1.89 bits per heavy atom. The summed E-state index contributed by atoms with van der Waals surface area (Å²) >= 11 is 6.06. The van der Waals surface area contributed by atoms with Crippen molar-refractivity contribution in [3.05, 3.63) is 23.2 Å². The molecule has 0 bridgehead atoms. The van der Waals surface area contributed by atoms with E-state index in [4.69, 9.17) is 16.3 Å². The van der Waals surface area contributed by atoms with Gasteiger partial charge in [-0.3, -0.25) is 9.59 Å². The second-order valence-corrected chi connectivity index (χ2v) is 8.87. The smallest absolute Gasteiger partial charge is 0.313 e. The molecule has 156 valence electrons. The standard InChI is InChI=1S/C17H25ClN4O5S/c1-21(2)7-3-6-19-16(23)17(24)20-15-12-13(4-5-14(15)18)28(25,26)22-8-10-27-11-9-22/h4-5,12H,3,6-11H2,1-2H3,(H,19,23)(H,20,24). The number of hydrogen-bond acceptors (Lipinski definition) is 6. The van der Waals surface area contributed by atoms with E-state index in [-0.39, 0.29) is 28.7 Å². The highest BCUT2D eigenvalue weighted by Crippen LogP contribution is 2.27. The summed E-state index contributed by atoms with van der Waals surface area (Å²) in [6, 6.07) is 3.99. The predicted molar refractivity (Wildman–Crippen MR) is 106 cm³/mol. The monoisotopic (exact) mass is 432 g/mol. The lowest BCUT2D eigenvalue weighted by Gasteiger charge is -2.26. The van der Waals surface area contributed by atoms with Crippen LogP contribution in [0.25, 0.3) is 0 Å². The number of benzene rings is 1. The molecule has 1 saturated heterocycles. The molecule has 0 radical (unpaired) electrons. The summed E-state index contributed by atoms with van der Waals surface area (Å²) in [5.74, 6) is -1.72. The molecule has 1 fully saturated rings. The van der Waals surface area contributed by atoms with Gasteiger partial charge in [-0.05, 0) is 45.3 Å². The summed E-state index contributed by atoms with van der Waals surface area (Å²) in [6.07, 6.45) is 0.694. The molecule has 0 unspecified atom stereocenters. The number of carbonyl (C=O) groups is 2. The third kappa shape index (κ3) is 6.14. The highest BCUT2D eigenvalue weighted by Gasteiger charge is 2.27. The molecular formula is C17H25ClN4O5S. The normalized spacial score (nSPS) is 15.4. The molecule has 1 aromatic rings. The third-order valence-electron chi connectivity index (χ3n) is 4.07. The molecule has 1 aliphatic rings. The maximum absolute atomic E-state index is 12.7. The molecule has 0 aromatic heterocycles. The molecule has 1 aromatic carbocycles. The average molecular weight is 433 g/mol. The maximum atomic E-state index is 12.7. The molecular weight excluding hydrogens is 408 g/mol. The van der Waals surface area contributed by atoms with E-state index >= 15 is 0 Å². The number of morpholine rings is 1. The fourth-order valence-corrected chi connectivity index (χ4v) is 4.15. The van der Waals surface area contributed by atoms with Crippen molar-refractivity contribution in [3.63, 3.8) is 0 Å². The largest absolute Gasteiger partial charge is 0.379 e. The first kappa shape index (κ1) is 22.6. The second-order valence-electron chi connectivity index (χ2n) is 6.52. The van der Waals surface area contributed by atoms with E-state index < -0.39 is 21.8 Å². The Balaban J connectivity index is 2.04. The van der Waals surface area contributed by atoms with Gasteiger partial charge in [0, 0.05) is 19.6 Å². The molecule has 0 spiro atoms. The number of anilines is 1. The van der Waals surface area contributed by atoms with Crippen molar-refractivity contribution in [1.82, 2.24) is 14.5 Å². The zero-order valence-electron chi connectivity index (χ0n) is 15.9. The van der Waals surface area contributed by atoms with Gasteiger partial charge in [-0.25, -0.2) is 8.42 Å². The van der Waals surface area contributed by atoms with E-state index in [0.717, 1.165) is 6.54 Å². The molecule has 0 aliphatic carbocycles. The van der Waals surface area contributed by atoms with E-state index in [1.165, 1.54) is 22.5 Å². The summed E-state index contributed by atoms with van der Waals surface area (Å²) in [6.45, 7) is 2.28. The summed E-state index contributed by atoms with van der Waals surface area (Å²) in [7, 11) is 0.0775. The van der Waals surface area contributed by atoms with E-state index in [1.807, 2.05) is 19.0 Å². The molecule has 9 nitrogen and oxygen atoms in total. The van der Waals surface area contributed by atoms with E-state index in [0.29, 0.717) is 26.2 Å². The number of ether oxygens (including phenoxy) is 1. The van der Waals surface area contributed by atoms with Gasteiger partial charge in [0.2, 0.25) is 10.0 Å². The highest BCUT2D eigenvalue weighted by atomic mass is 35.5. The Morgan fingerprint density at radius 3 is 2.54 bits per heavy atom. The SMILES string of the molecule is CN(C)CCCNC(=O)C(=O)Nc1cc(S(=O)(=O)N2CCOCC2)ccc1Cl. The lowest BCUT2D eigenvalue weighted by Crippen LogP contribution is -2.40. The summed E-state index contributed by atoms with van der Waals surface area (Å²) in [5, 5.41) is 5.02. The molecule has 2 N–H and O–H groups in total. The van der Waals surface area contributed by atoms with Crippen LogP contribution in [-0.2, 0) is 24.3 Å². The van der Waals surface area contributed by atoms with E-state index in [9.17, 15) is 18.0 Å². The Morgan fingerprint density at radius 1 is 1.21 bits per heavy atom. The Bertz CT molecular complexity index is 810. The number of amides is 2. The van der Waals surface area contributed by atoms with Crippen LogP contribution in [0, 0.1) is 0 Å². The van der Waals surface area contributed by atoms with Gasteiger partial charge in [-0.15, -0.1) is 0 Å². The van der Waals surface area contributed by atoms with Crippen molar-refractivity contribution < 1.29 is 22.7 Å². The van der Waals surface area contributed by atoms with Gasteiger partial charge in [-0.2, -0.15) is 4.31 Å². The van der Waals surface area contributed by atoms with Crippen molar-refractivity contribution in [2.75, 3.05) is 58.8 Å². The first-order valence-electron chi connectivity index (χ1n) is 8.83. The number of hydrogen-bond donors (Lipinski definition) is 2. The minimum atomic E-state index is -3.74. The minimum Gasteiger partial charge on any atom is -0.379 e. The zero-order valence-corrected chi connectivity index (χ0v) is 17.5. The number of nitrogens with zero attached hydrogens (tertiary/aromatic N) is 2. The molecule has 2 amide bonds. The van der Waals surface area contributed by atoms with Crippen LogP contribution in [0.15, 0.2) is 23.1 Å². The number of carbonyl (C=O) groups excluding carboxylic acids is 2. The van der Waals surface area contributed by atoms with Gasteiger partial charge in [-0.1, -0.05) is 11.6 Å². The fourth-order valence-electron chi connectivity index (χ4n) is 2.55. The Kier molecular flexibility index (Phi) is 8.20. The summed E-state index contributed by atoms with van der Waals surface area (Å²) in [5.41, 5.74) is 0.0597. The Hall–Kier alpha value is -1.72. The summed E-state index contributed by atoms with van der Waals surface area (Å²) < 4.78 is 31.9. The topological polar surface area (TPSA) is 108 Å². The number of nitrogens with one attached hydrogen (secondary N) is 2. The quantitative estimate of drug-likeness (QED) is 0.476. The average Bonchev–Trinajstić information content (AvgIpc) is 2.67. The number of sulfonamides is 1. The van der Waals surface area contributed by atoms with Crippen molar-refractivity contribution in [2.45, 2.75) is 11.3 Å². The maximum Gasteiger partial charge on any atom is 0.313 e. The molecule has 0 atom stereocenters. The molecule has 0 saturated carbocycles. The van der Waals surface area contributed by atoms with Crippen LogP contribution >= 0.6 is 11.6 Å². The Labute approximate surface area is 170 Å². The van der Waals surface area contributed by atoms with Gasteiger partial charge in [0.1, 0.15) is 0 Å². The summed E-state index contributed by atoms with van der Waals surface area (Å²) in [4.78, 5) is 26.0. The molecule has 11 heteroatoms. The van der Waals surface area contributed by atoms with Crippen molar-refractivity contribution in [2.24, 2.45) is 0 Å². The first-order chi connectivity index (χ1) is 13.2. The molecule has 2 rings (SSSR count). The van der Waals surface area contributed by atoms with Crippen LogP contribution in [-0.4, -0.2) is 82.9 Å². The molecule has 28 heavy (non-hydrogen) atoms. The van der Waals surface area contributed by atoms with Gasteiger partial charge in [0.15, 0.2) is 0 Å². The second kappa shape index (κ2) is 10.2. The van der Waals surface area contributed by atoms with Crippen LogP contribution in [0.4, 0.5) is 5.69 Å². The van der Waals surface area contributed by atoms with Gasteiger partial charge >= 0.3 is 11.8 Å². The number of halogens is 1. The molecule has 1 aliphatic heterocycles. The minimum absolute atomic E-state index is 0.0134. The van der Waals surface area contributed by atoms with Crippen LogP contribution in [0.2, 0.25) is 5.02 Å². The van der Waals surface area contributed by atoms with Crippen molar-refractivity contribution >= 4 is 39.1 Å².